The van der Waals surface area contributed by atoms with Crippen LogP contribution in [0.2, 0.25) is 0 Å². The largest absolute Gasteiger partial charge is 2.00 e. The number of anilines is 2. The standard InChI is InChI=1S/C25H39N3.2ClH.Fe/c1-6-20-12-10-13-21(7-2)24(20)26-16-18-28(5)19-17-27-25-22(8-3)14-11-15-23(25)9-4;;;/h10-15,26-27H,6-9,16-19H2,1-5H3;2*1H;/q;;;+2/p-2. The van der Waals surface area contributed by atoms with Crippen LogP contribution in [0, 0.1) is 0 Å². The summed E-state index contributed by atoms with van der Waals surface area (Å²) in [5.41, 5.74) is 8.39. The molecule has 3 nitrogen and oxygen atoms in total. The zero-order chi connectivity index (χ0) is 20.4. The van der Waals surface area contributed by atoms with Crippen LogP contribution < -0.4 is 35.4 Å². The van der Waals surface area contributed by atoms with E-state index in [-0.39, 0.29) is 41.9 Å². The van der Waals surface area contributed by atoms with Gasteiger partial charge in [0, 0.05) is 37.6 Å². The molecule has 0 atom stereocenters. The van der Waals surface area contributed by atoms with Gasteiger partial charge >= 0.3 is 17.1 Å². The maximum absolute atomic E-state index is 3.70. The van der Waals surface area contributed by atoms with Crippen LogP contribution in [0.1, 0.15) is 49.9 Å². The Kier molecular flexibility index (Phi) is 18.4. The number of aryl methyl sites for hydroxylation is 4. The molecule has 0 aromatic heterocycles. The molecular formula is C25H39Cl2FeN3. The molecule has 2 aromatic rings. The van der Waals surface area contributed by atoms with Gasteiger partial charge in [0.1, 0.15) is 0 Å². The van der Waals surface area contributed by atoms with Crippen molar-refractivity contribution in [3.63, 3.8) is 0 Å². The summed E-state index contributed by atoms with van der Waals surface area (Å²) in [6, 6.07) is 13.3. The number of likely N-dealkylation sites (N-methyl/N-ethyl adjacent to an activating group) is 1. The van der Waals surface area contributed by atoms with Gasteiger partial charge in [0.2, 0.25) is 0 Å². The minimum absolute atomic E-state index is 0. The average Bonchev–Trinajstić information content (AvgIpc) is 2.73. The van der Waals surface area contributed by atoms with E-state index < -0.39 is 0 Å². The summed E-state index contributed by atoms with van der Waals surface area (Å²) in [6.07, 6.45) is 4.30. The minimum Gasteiger partial charge on any atom is -1.00 e. The molecule has 0 aliphatic heterocycles. The van der Waals surface area contributed by atoms with Crippen molar-refractivity contribution >= 4 is 11.4 Å². The molecule has 0 aliphatic carbocycles. The van der Waals surface area contributed by atoms with E-state index in [0.717, 1.165) is 51.9 Å². The van der Waals surface area contributed by atoms with Gasteiger partial charge in [-0.1, -0.05) is 64.1 Å². The van der Waals surface area contributed by atoms with E-state index in [1.807, 2.05) is 0 Å². The van der Waals surface area contributed by atoms with Crippen LogP contribution in [0.25, 0.3) is 0 Å². The Morgan fingerprint density at radius 1 is 0.613 bits per heavy atom. The number of rotatable bonds is 12. The fourth-order valence-corrected chi connectivity index (χ4v) is 3.79. The second kappa shape index (κ2) is 17.6. The third-order valence-electron chi connectivity index (χ3n) is 5.59. The summed E-state index contributed by atoms with van der Waals surface area (Å²) >= 11 is 0. The fourth-order valence-electron chi connectivity index (χ4n) is 3.79. The van der Waals surface area contributed by atoms with Crippen molar-refractivity contribution in [1.82, 2.24) is 4.90 Å². The summed E-state index contributed by atoms with van der Waals surface area (Å²) < 4.78 is 0. The van der Waals surface area contributed by atoms with Crippen molar-refractivity contribution in [3.8, 4) is 0 Å². The van der Waals surface area contributed by atoms with Gasteiger partial charge in [-0.3, -0.25) is 0 Å². The first-order valence-electron chi connectivity index (χ1n) is 11.0. The molecule has 0 unspecified atom stereocenters. The predicted molar refractivity (Wildman–Crippen MR) is 125 cm³/mol. The molecule has 0 saturated carbocycles. The Morgan fingerprint density at radius 3 is 1.16 bits per heavy atom. The third-order valence-corrected chi connectivity index (χ3v) is 5.59. The summed E-state index contributed by atoms with van der Waals surface area (Å²) in [7, 11) is 2.21. The SMILES string of the molecule is CCc1cccc(CC)c1NCCN(C)CCNc1c(CC)cccc1CC.[Cl-].[Cl-].[Fe+2]. The molecule has 2 N–H and O–H groups in total. The van der Waals surface area contributed by atoms with Gasteiger partial charge in [-0.2, -0.15) is 0 Å². The van der Waals surface area contributed by atoms with Crippen molar-refractivity contribution < 1.29 is 41.9 Å². The van der Waals surface area contributed by atoms with Crippen molar-refractivity contribution in [3.05, 3.63) is 58.7 Å². The zero-order valence-corrected chi connectivity index (χ0v) is 22.3. The smallest absolute Gasteiger partial charge is 1.00 e. The minimum atomic E-state index is 0. The molecule has 0 bridgehead atoms. The molecule has 176 valence electrons. The van der Waals surface area contributed by atoms with Crippen LogP contribution in [0.4, 0.5) is 11.4 Å². The number of benzene rings is 2. The van der Waals surface area contributed by atoms with Gasteiger partial charge in [-0.15, -0.1) is 0 Å². The topological polar surface area (TPSA) is 27.3 Å². The second-order valence-electron chi connectivity index (χ2n) is 7.47. The Morgan fingerprint density at radius 2 is 0.903 bits per heavy atom. The maximum Gasteiger partial charge on any atom is 2.00 e. The van der Waals surface area contributed by atoms with E-state index >= 15 is 0 Å². The first-order valence-corrected chi connectivity index (χ1v) is 11.0. The van der Waals surface area contributed by atoms with Crippen molar-refractivity contribution in [2.24, 2.45) is 0 Å². The molecule has 0 aliphatic rings. The normalized spacial score (nSPS) is 10.0. The molecule has 2 rings (SSSR count). The number of hydrogen-bond acceptors (Lipinski definition) is 3. The molecule has 0 spiro atoms. The van der Waals surface area contributed by atoms with Gasteiger partial charge in [-0.05, 0) is 55.0 Å². The van der Waals surface area contributed by atoms with Crippen LogP contribution in [0.15, 0.2) is 36.4 Å². The summed E-state index contributed by atoms with van der Waals surface area (Å²) in [4.78, 5) is 2.40. The number of para-hydroxylation sites is 2. The van der Waals surface area contributed by atoms with Crippen LogP contribution in [-0.4, -0.2) is 38.1 Å². The molecular weight excluding hydrogens is 469 g/mol. The summed E-state index contributed by atoms with van der Waals surface area (Å²) in [6.45, 7) is 13.0. The van der Waals surface area contributed by atoms with Crippen LogP contribution in [-0.2, 0) is 42.8 Å². The Bertz CT molecular complexity index is 635. The second-order valence-corrected chi connectivity index (χ2v) is 7.47. The third kappa shape index (κ3) is 9.63. The molecule has 0 radical (unpaired) electrons. The maximum atomic E-state index is 3.70. The number of nitrogens with one attached hydrogen (secondary N) is 2. The molecule has 31 heavy (non-hydrogen) atoms. The Hall–Kier alpha value is -0.901. The summed E-state index contributed by atoms with van der Waals surface area (Å²) in [5, 5.41) is 7.39. The van der Waals surface area contributed by atoms with E-state index in [9.17, 15) is 0 Å². The van der Waals surface area contributed by atoms with Crippen LogP contribution in [0.5, 0.6) is 0 Å². The Labute approximate surface area is 213 Å². The monoisotopic (exact) mass is 507 g/mol. The van der Waals surface area contributed by atoms with Gasteiger partial charge in [0.25, 0.3) is 0 Å². The van der Waals surface area contributed by atoms with Crippen molar-refractivity contribution in [1.29, 1.82) is 0 Å². The van der Waals surface area contributed by atoms with E-state index in [1.54, 1.807) is 0 Å². The Balaban J connectivity index is 0. The average molecular weight is 508 g/mol. The van der Waals surface area contributed by atoms with Gasteiger partial charge in [-0.25, -0.2) is 0 Å². The number of halogens is 2. The molecule has 6 heteroatoms. The fraction of sp³-hybridized carbons (Fsp3) is 0.520. The van der Waals surface area contributed by atoms with Gasteiger partial charge < -0.3 is 40.3 Å². The predicted octanol–water partition coefficient (Wildman–Crippen LogP) is -0.602. The quantitative estimate of drug-likeness (QED) is 0.375. The molecule has 0 heterocycles. The molecule has 0 fully saturated rings. The van der Waals surface area contributed by atoms with Crippen molar-refractivity contribution in [2.75, 3.05) is 43.9 Å². The molecule has 2 aromatic carbocycles. The summed E-state index contributed by atoms with van der Waals surface area (Å²) in [5.74, 6) is 0. The van der Waals surface area contributed by atoms with E-state index in [4.69, 9.17) is 0 Å². The first kappa shape index (κ1) is 32.3. The first-order chi connectivity index (χ1) is 13.6. The van der Waals surface area contributed by atoms with Crippen molar-refractivity contribution in [2.45, 2.75) is 53.4 Å². The van der Waals surface area contributed by atoms with Crippen LogP contribution in [0.3, 0.4) is 0 Å². The van der Waals surface area contributed by atoms with Gasteiger partial charge in [0.15, 0.2) is 0 Å². The molecule has 0 saturated heterocycles. The van der Waals surface area contributed by atoms with E-state index in [0.29, 0.717) is 0 Å². The van der Waals surface area contributed by atoms with Crippen LogP contribution >= 0.6 is 0 Å². The zero-order valence-electron chi connectivity index (χ0n) is 19.7. The van der Waals surface area contributed by atoms with E-state index in [1.165, 1.54) is 33.6 Å². The number of nitrogens with zero attached hydrogens (tertiary/aromatic N) is 1. The van der Waals surface area contributed by atoms with Gasteiger partial charge in [0.05, 0.1) is 0 Å². The number of hydrogen-bond donors (Lipinski definition) is 2. The van der Waals surface area contributed by atoms with E-state index in [2.05, 4.69) is 86.7 Å². The molecule has 0 amide bonds.